The van der Waals surface area contributed by atoms with Crippen LogP contribution in [0.3, 0.4) is 0 Å². The Balaban J connectivity index is 0.000000452. The zero-order valence-electron chi connectivity index (χ0n) is 27.5. The Morgan fingerprint density at radius 2 is 1.67 bits per heavy atom. The molecule has 1 unspecified atom stereocenters. The van der Waals surface area contributed by atoms with Gasteiger partial charge in [-0.05, 0) is 70.4 Å². The number of halogens is 3. The summed E-state index contributed by atoms with van der Waals surface area (Å²) in [6.45, 7) is 10.0. The van der Waals surface area contributed by atoms with Gasteiger partial charge in [-0.15, -0.1) is 0 Å². The molecule has 3 heterocycles. The maximum Gasteiger partial charge on any atom is 0.494 e. The lowest BCUT2D eigenvalue weighted by atomic mass is 9.79. The number of carbonyl (C=O) groups is 2. The summed E-state index contributed by atoms with van der Waals surface area (Å²) in [6, 6.07) is 18.6. The Morgan fingerprint density at radius 1 is 1.02 bits per heavy atom. The molecule has 1 saturated heterocycles. The number of hydrogen-bond acceptors (Lipinski definition) is 7. The van der Waals surface area contributed by atoms with Crippen molar-refractivity contribution < 1.29 is 37.0 Å². The lowest BCUT2D eigenvalue weighted by molar-refractivity contribution is -0.384. The lowest BCUT2D eigenvalue weighted by Gasteiger charge is -2.32. The van der Waals surface area contributed by atoms with Gasteiger partial charge in [0.2, 0.25) is 0 Å². The van der Waals surface area contributed by atoms with Gasteiger partial charge in [-0.25, -0.2) is 4.68 Å². The normalized spacial score (nSPS) is 18.0. The molecule has 1 aromatic heterocycles. The van der Waals surface area contributed by atoms with E-state index in [1.165, 1.54) is 29.2 Å². The van der Waals surface area contributed by atoms with Crippen LogP contribution in [0.15, 0.2) is 85.1 Å². The molecule has 1 atom stereocenters. The van der Waals surface area contributed by atoms with Gasteiger partial charge >= 0.3 is 13.3 Å². The number of para-hydroxylation sites is 1. The maximum atomic E-state index is 13.5. The third kappa shape index (κ3) is 7.37. The van der Waals surface area contributed by atoms with Gasteiger partial charge in [-0.2, -0.15) is 18.3 Å². The van der Waals surface area contributed by atoms with E-state index in [1.807, 2.05) is 52.0 Å². The molecule has 0 aliphatic carbocycles. The van der Waals surface area contributed by atoms with E-state index in [9.17, 15) is 32.9 Å². The van der Waals surface area contributed by atoms with Crippen molar-refractivity contribution in [2.45, 2.75) is 64.5 Å². The summed E-state index contributed by atoms with van der Waals surface area (Å²) >= 11 is 0. The first-order chi connectivity index (χ1) is 23.0. The smallest absolute Gasteiger partial charge is 0.399 e. The molecule has 1 fully saturated rings. The lowest BCUT2D eigenvalue weighted by Crippen LogP contribution is -2.53. The third-order valence-electron chi connectivity index (χ3n) is 8.74. The topological polar surface area (TPSA) is 129 Å². The van der Waals surface area contributed by atoms with Crippen LogP contribution in [-0.2, 0) is 26.7 Å². The van der Waals surface area contributed by atoms with Gasteiger partial charge in [-0.1, -0.05) is 36.4 Å². The van der Waals surface area contributed by atoms with Gasteiger partial charge in [0.25, 0.3) is 17.5 Å². The highest BCUT2D eigenvalue weighted by molar-refractivity contribution is 6.62. The number of benzene rings is 3. The molecule has 2 amide bonds. The molecule has 49 heavy (non-hydrogen) atoms. The minimum atomic E-state index is -4.58. The van der Waals surface area contributed by atoms with Crippen LogP contribution in [0.5, 0.6) is 0 Å². The summed E-state index contributed by atoms with van der Waals surface area (Å²) in [5.41, 5.74) is 0.246. The number of amides is 2. The zero-order chi connectivity index (χ0) is 35.7. The molecule has 0 spiro atoms. The van der Waals surface area contributed by atoms with E-state index in [0.717, 1.165) is 23.2 Å². The van der Waals surface area contributed by atoms with Crippen molar-refractivity contribution >= 4 is 35.9 Å². The van der Waals surface area contributed by atoms with Crippen molar-refractivity contribution in [2.75, 3.05) is 11.4 Å². The average Bonchev–Trinajstić information content (AvgIpc) is 3.58. The molecule has 256 valence electrons. The molecule has 0 saturated carbocycles. The fourth-order valence-electron chi connectivity index (χ4n) is 5.42. The van der Waals surface area contributed by atoms with Gasteiger partial charge in [0, 0.05) is 36.2 Å². The predicted molar refractivity (Wildman–Crippen MR) is 177 cm³/mol. The van der Waals surface area contributed by atoms with Gasteiger partial charge in [0.15, 0.2) is 0 Å². The van der Waals surface area contributed by atoms with Crippen LogP contribution >= 0.6 is 0 Å². The van der Waals surface area contributed by atoms with Crippen LogP contribution in [0.1, 0.15) is 56.1 Å². The number of nitrogens with one attached hydrogen (secondary N) is 1. The van der Waals surface area contributed by atoms with Crippen molar-refractivity contribution in [1.29, 1.82) is 0 Å². The van der Waals surface area contributed by atoms with E-state index in [0.29, 0.717) is 18.1 Å². The van der Waals surface area contributed by atoms with Gasteiger partial charge < -0.3 is 14.6 Å². The minimum Gasteiger partial charge on any atom is -0.399 e. The summed E-state index contributed by atoms with van der Waals surface area (Å²) in [6.07, 6.45) is -2.80. The Labute approximate surface area is 281 Å². The Kier molecular flexibility index (Phi) is 9.71. The number of carbonyl (C=O) groups excluding carboxylic acids is 2. The molecule has 2 aliphatic heterocycles. The second kappa shape index (κ2) is 13.5. The monoisotopic (exact) mass is 677 g/mol. The average molecular weight is 677 g/mol. The minimum absolute atomic E-state index is 0.137. The third-order valence-corrected chi connectivity index (χ3v) is 8.74. The molecule has 3 aromatic carbocycles. The molecular formula is C34H35BF3N5O6. The molecule has 0 radical (unpaired) electrons. The number of alkyl halides is 3. The maximum absolute atomic E-state index is 13.5. The largest absolute Gasteiger partial charge is 0.494 e. The van der Waals surface area contributed by atoms with E-state index in [-0.39, 0.29) is 23.6 Å². The van der Waals surface area contributed by atoms with Gasteiger partial charge in [0.05, 0.1) is 33.6 Å². The molecule has 15 heteroatoms. The first-order valence-corrected chi connectivity index (χ1v) is 15.5. The molecule has 4 aromatic rings. The number of anilines is 1. The number of non-ortho nitro benzene ring substituents is 1. The Hall–Kier alpha value is -5.02. The number of aromatic nitrogens is 2. The Morgan fingerprint density at radius 3 is 2.27 bits per heavy atom. The number of likely N-dealkylation sites (N-methyl/N-ethyl adjacent to an activating group) is 1. The van der Waals surface area contributed by atoms with Crippen LogP contribution in [0.25, 0.3) is 5.69 Å². The molecule has 1 N–H and O–H groups in total. The van der Waals surface area contributed by atoms with E-state index in [2.05, 4.69) is 10.4 Å². The van der Waals surface area contributed by atoms with Crippen LogP contribution in [0.4, 0.5) is 24.7 Å². The quantitative estimate of drug-likeness (QED) is 0.162. The highest BCUT2D eigenvalue weighted by atomic mass is 19.4. The standard InChI is InChI=1S/C28H30BF3N4O4.C6H5NO2/c1-6-35-24-18(14-22(25(35)38)34-23(37)17-9-7-10-19(13-17)28(30,31)32)16-33-36(24)21-12-8-11-20(15-21)29-39-26(2,3)27(4,5)40-29;8-7(9)6-4-2-1-3-5-6/h7-13,15-16,22H,6,14H2,1-5H3,(H,34,37);1-5H. The number of rotatable bonds is 6. The zero-order valence-corrected chi connectivity index (χ0v) is 27.5. The van der Waals surface area contributed by atoms with Crippen molar-refractivity contribution in [1.82, 2.24) is 15.1 Å². The van der Waals surface area contributed by atoms with Crippen LogP contribution in [0.2, 0.25) is 0 Å². The summed E-state index contributed by atoms with van der Waals surface area (Å²) in [4.78, 5) is 37.4. The fourth-order valence-corrected chi connectivity index (χ4v) is 5.42. The number of nitro benzene ring substituents is 1. The summed E-state index contributed by atoms with van der Waals surface area (Å²) in [5, 5.41) is 17.2. The number of hydrogen-bond donors (Lipinski definition) is 1. The highest BCUT2D eigenvalue weighted by Crippen LogP contribution is 2.37. The SMILES string of the molecule is CCN1C(=O)C(NC(=O)c2cccc(C(F)(F)F)c2)Cc2cnn(-c3cccc(B4OC(C)(C)C(C)(C)O4)c3)c21.O=[N+]([O-])c1ccccc1. The summed E-state index contributed by atoms with van der Waals surface area (Å²) in [7, 11) is -0.573. The van der Waals surface area contributed by atoms with E-state index < -0.39 is 46.9 Å². The highest BCUT2D eigenvalue weighted by Gasteiger charge is 2.51. The van der Waals surface area contributed by atoms with Crippen LogP contribution < -0.4 is 15.7 Å². The molecule has 2 aliphatic rings. The number of fused-ring (bicyclic) bond motifs is 1. The predicted octanol–water partition coefficient (Wildman–Crippen LogP) is 5.49. The Bertz CT molecular complexity index is 1850. The van der Waals surface area contributed by atoms with Gasteiger partial charge in [0.1, 0.15) is 11.9 Å². The molecule has 6 rings (SSSR count). The molecular weight excluding hydrogens is 642 g/mol. The van der Waals surface area contributed by atoms with Crippen LogP contribution in [-0.4, -0.2) is 57.4 Å². The molecule has 0 bridgehead atoms. The second-order valence-electron chi connectivity index (χ2n) is 12.6. The molecule has 11 nitrogen and oxygen atoms in total. The number of nitro groups is 1. The van der Waals surface area contributed by atoms with Gasteiger partial charge in [-0.3, -0.25) is 24.6 Å². The van der Waals surface area contributed by atoms with Crippen molar-refractivity contribution in [3.8, 4) is 5.69 Å². The summed E-state index contributed by atoms with van der Waals surface area (Å²) in [5.74, 6) is -0.561. The van der Waals surface area contributed by atoms with E-state index in [1.54, 1.807) is 36.0 Å². The second-order valence-corrected chi connectivity index (χ2v) is 12.6. The van der Waals surface area contributed by atoms with Crippen molar-refractivity contribution in [3.63, 3.8) is 0 Å². The first kappa shape index (κ1) is 35.3. The number of nitrogens with zero attached hydrogens (tertiary/aromatic N) is 4. The van der Waals surface area contributed by atoms with E-state index >= 15 is 0 Å². The fraction of sp³-hybridized carbons (Fsp3) is 0.324. The first-order valence-electron chi connectivity index (χ1n) is 15.5. The van der Waals surface area contributed by atoms with Crippen LogP contribution in [0, 0.1) is 10.1 Å². The van der Waals surface area contributed by atoms with E-state index in [4.69, 9.17) is 9.31 Å². The summed E-state index contributed by atoms with van der Waals surface area (Å²) < 4.78 is 53.4. The van der Waals surface area contributed by atoms with Crippen molar-refractivity contribution in [2.24, 2.45) is 0 Å². The van der Waals surface area contributed by atoms with Crippen molar-refractivity contribution in [3.05, 3.63) is 112 Å².